The van der Waals surface area contributed by atoms with Crippen molar-refractivity contribution >= 4 is 27.9 Å². The summed E-state index contributed by atoms with van der Waals surface area (Å²) < 4.78 is 17.1. The first-order valence-corrected chi connectivity index (χ1v) is 9.09. The molecule has 3 aromatic heterocycles. The maximum atomic E-state index is 13.4. The van der Waals surface area contributed by atoms with Crippen molar-refractivity contribution < 1.29 is 9.18 Å². The number of nitrogens with zero attached hydrogens (tertiary/aromatic N) is 5. The van der Waals surface area contributed by atoms with Crippen LogP contribution in [0.1, 0.15) is 17.3 Å². The van der Waals surface area contributed by atoms with Crippen molar-refractivity contribution in [3.05, 3.63) is 72.4 Å². The molecule has 0 saturated heterocycles. The van der Waals surface area contributed by atoms with E-state index in [2.05, 4.69) is 4.98 Å². The van der Waals surface area contributed by atoms with Gasteiger partial charge in [-0.05, 0) is 49.4 Å². The molecule has 5 rings (SSSR count). The minimum absolute atomic E-state index is 0.0494. The smallest absolute Gasteiger partial charge is 0.238 e. The summed E-state index contributed by atoms with van der Waals surface area (Å²) in [5.74, 6) is 0.0817. The highest BCUT2D eigenvalue weighted by Crippen LogP contribution is 2.29. The van der Waals surface area contributed by atoms with Crippen molar-refractivity contribution in [3.8, 4) is 17.2 Å². The number of carbonyl (C=O) groups is 1. The molecular formula is C22H16FN5O. The number of imidazole rings is 1. The second kappa shape index (κ2) is 6.34. The molecule has 0 N–H and O–H groups in total. The Balaban J connectivity index is 1.79. The average molecular weight is 385 g/mol. The Bertz CT molecular complexity index is 1400. The average Bonchev–Trinajstić information content (AvgIpc) is 3.31. The molecule has 0 bridgehead atoms. The fourth-order valence-electron chi connectivity index (χ4n) is 3.54. The number of halogens is 1. The summed E-state index contributed by atoms with van der Waals surface area (Å²) in [4.78, 5) is 25.9. The van der Waals surface area contributed by atoms with E-state index in [9.17, 15) is 9.18 Å². The van der Waals surface area contributed by atoms with Crippen LogP contribution in [-0.2, 0) is 7.05 Å². The summed E-state index contributed by atoms with van der Waals surface area (Å²) in [7, 11) is 1.91. The van der Waals surface area contributed by atoms with Gasteiger partial charge < -0.3 is 4.57 Å². The predicted octanol–water partition coefficient (Wildman–Crippen LogP) is 4.32. The number of Topliss-reactive ketones (excluding diaryl/α,β-unsaturated/α-hetero) is 1. The molecule has 0 saturated carbocycles. The summed E-state index contributed by atoms with van der Waals surface area (Å²) in [6.07, 6.45) is 3.53. The zero-order valence-corrected chi connectivity index (χ0v) is 15.8. The molecule has 6 nitrogen and oxygen atoms in total. The number of fused-ring (bicyclic) bond motifs is 2. The highest BCUT2D eigenvalue weighted by atomic mass is 19.1. The predicted molar refractivity (Wildman–Crippen MR) is 109 cm³/mol. The first-order valence-electron chi connectivity index (χ1n) is 9.09. The number of hydrogen-bond donors (Lipinski definition) is 0. The van der Waals surface area contributed by atoms with Crippen LogP contribution in [0.15, 0.2) is 61.1 Å². The van der Waals surface area contributed by atoms with Crippen LogP contribution in [0.3, 0.4) is 0 Å². The molecule has 0 atom stereocenters. The first-order chi connectivity index (χ1) is 14.0. The molecule has 3 heterocycles. The number of aryl methyl sites for hydroxylation is 1. The van der Waals surface area contributed by atoms with Gasteiger partial charge in [-0.1, -0.05) is 6.07 Å². The van der Waals surface area contributed by atoms with E-state index in [1.807, 2.05) is 36.0 Å². The Hall–Kier alpha value is -3.87. The summed E-state index contributed by atoms with van der Waals surface area (Å²) >= 11 is 0. The molecule has 2 aromatic carbocycles. The van der Waals surface area contributed by atoms with Crippen molar-refractivity contribution in [1.82, 2.24) is 24.1 Å². The van der Waals surface area contributed by atoms with Crippen LogP contribution in [0.25, 0.3) is 39.3 Å². The molecular weight excluding hydrogens is 369 g/mol. The van der Waals surface area contributed by atoms with Crippen LogP contribution in [0, 0.1) is 5.82 Å². The summed E-state index contributed by atoms with van der Waals surface area (Å²) in [5, 5.41) is 0.872. The van der Waals surface area contributed by atoms with Crippen molar-refractivity contribution in [2.45, 2.75) is 6.92 Å². The first kappa shape index (κ1) is 17.2. The van der Waals surface area contributed by atoms with Gasteiger partial charge >= 0.3 is 0 Å². The van der Waals surface area contributed by atoms with Crippen molar-refractivity contribution in [1.29, 1.82) is 0 Å². The number of ketones is 1. The van der Waals surface area contributed by atoms with Crippen molar-refractivity contribution in [2.75, 3.05) is 0 Å². The number of benzene rings is 2. The topological polar surface area (TPSA) is 65.6 Å². The van der Waals surface area contributed by atoms with Gasteiger partial charge in [0.25, 0.3) is 0 Å². The molecule has 29 heavy (non-hydrogen) atoms. The lowest BCUT2D eigenvalue weighted by Gasteiger charge is -2.09. The van der Waals surface area contributed by atoms with E-state index in [0.717, 1.165) is 22.1 Å². The van der Waals surface area contributed by atoms with Gasteiger partial charge in [0.1, 0.15) is 17.8 Å². The molecule has 5 aromatic rings. The lowest BCUT2D eigenvalue weighted by atomic mass is 10.1. The van der Waals surface area contributed by atoms with Crippen LogP contribution in [-0.4, -0.2) is 29.9 Å². The molecule has 0 fully saturated rings. The van der Waals surface area contributed by atoms with E-state index in [1.54, 1.807) is 29.1 Å². The minimum Gasteiger partial charge on any atom is -0.335 e. The quantitative estimate of drug-likeness (QED) is 0.434. The number of rotatable bonds is 3. The maximum absolute atomic E-state index is 13.4. The van der Waals surface area contributed by atoms with E-state index in [-0.39, 0.29) is 11.6 Å². The Morgan fingerprint density at radius 2 is 1.83 bits per heavy atom. The Morgan fingerprint density at radius 3 is 2.59 bits per heavy atom. The molecule has 0 spiro atoms. The molecule has 0 unspecified atom stereocenters. The van der Waals surface area contributed by atoms with Gasteiger partial charge in [-0.2, -0.15) is 4.98 Å². The second-order valence-electron chi connectivity index (χ2n) is 6.89. The van der Waals surface area contributed by atoms with Crippen LogP contribution in [0.4, 0.5) is 4.39 Å². The molecule has 0 aliphatic rings. The van der Waals surface area contributed by atoms with Gasteiger partial charge in [-0.15, -0.1) is 0 Å². The third kappa shape index (κ3) is 2.70. The number of para-hydroxylation sites is 1. The third-order valence-corrected chi connectivity index (χ3v) is 5.00. The highest BCUT2D eigenvalue weighted by molar-refractivity contribution is 6.05. The van der Waals surface area contributed by atoms with E-state index in [0.29, 0.717) is 22.7 Å². The van der Waals surface area contributed by atoms with E-state index in [4.69, 9.17) is 9.97 Å². The van der Waals surface area contributed by atoms with Crippen molar-refractivity contribution in [2.24, 2.45) is 7.05 Å². The van der Waals surface area contributed by atoms with E-state index >= 15 is 0 Å². The minimum atomic E-state index is -0.301. The SMILES string of the molecule is CC(=O)c1cccc2c1ncn2-c1nc(-c2ccc(F)cc2)c2ccn(C)c2n1. The Labute approximate surface area is 165 Å². The lowest BCUT2D eigenvalue weighted by Crippen LogP contribution is -2.04. The van der Waals surface area contributed by atoms with E-state index in [1.165, 1.54) is 19.1 Å². The number of hydrogen-bond acceptors (Lipinski definition) is 4. The van der Waals surface area contributed by atoms with Crippen LogP contribution >= 0.6 is 0 Å². The summed E-state index contributed by atoms with van der Waals surface area (Å²) in [6.45, 7) is 1.52. The van der Waals surface area contributed by atoms with Crippen molar-refractivity contribution in [3.63, 3.8) is 0 Å². The van der Waals surface area contributed by atoms with Crippen LogP contribution in [0.5, 0.6) is 0 Å². The van der Waals surface area contributed by atoms with Crippen LogP contribution in [0.2, 0.25) is 0 Å². The fraction of sp³-hybridized carbons (Fsp3) is 0.0909. The molecule has 0 radical (unpaired) electrons. The maximum Gasteiger partial charge on any atom is 0.238 e. The number of aromatic nitrogens is 5. The third-order valence-electron chi connectivity index (χ3n) is 5.00. The second-order valence-corrected chi connectivity index (χ2v) is 6.89. The summed E-state index contributed by atoms with van der Waals surface area (Å²) in [5.41, 5.74) is 4.16. The molecule has 0 aliphatic heterocycles. The van der Waals surface area contributed by atoms with Gasteiger partial charge in [0, 0.05) is 29.8 Å². The largest absolute Gasteiger partial charge is 0.335 e. The molecule has 7 heteroatoms. The zero-order valence-electron chi connectivity index (χ0n) is 15.8. The molecule has 0 aliphatic carbocycles. The Kier molecular flexibility index (Phi) is 3.77. The zero-order chi connectivity index (χ0) is 20.1. The molecule has 0 amide bonds. The standard InChI is InChI=1S/C22H16FN5O/c1-13(29)16-4-3-5-18-20(16)24-12-28(18)22-25-19(14-6-8-15(23)9-7-14)17-10-11-27(2)21(17)26-22/h3-12H,1-2H3. The Morgan fingerprint density at radius 1 is 1.03 bits per heavy atom. The van der Waals surface area contributed by atoms with Gasteiger partial charge in [0.2, 0.25) is 5.95 Å². The normalized spacial score (nSPS) is 11.4. The molecule has 142 valence electrons. The lowest BCUT2D eigenvalue weighted by molar-refractivity contribution is 0.101. The monoisotopic (exact) mass is 385 g/mol. The van der Waals surface area contributed by atoms with Crippen LogP contribution < -0.4 is 0 Å². The van der Waals surface area contributed by atoms with Gasteiger partial charge in [0.15, 0.2) is 5.78 Å². The fourth-order valence-corrected chi connectivity index (χ4v) is 3.54. The summed E-state index contributed by atoms with van der Waals surface area (Å²) in [6, 6.07) is 13.6. The van der Waals surface area contributed by atoms with Gasteiger partial charge in [-0.3, -0.25) is 9.36 Å². The number of carbonyl (C=O) groups excluding carboxylic acids is 1. The highest BCUT2D eigenvalue weighted by Gasteiger charge is 2.17. The van der Waals surface area contributed by atoms with E-state index < -0.39 is 0 Å². The van der Waals surface area contributed by atoms with Gasteiger partial charge in [0.05, 0.1) is 16.7 Å². The van der Waals surface area contributed by atoms with Gasteiger partial charge in [-0.25, -0.2) is 14.4 Å².